The van der Waals surface area contributed by atoms with Crippen LogP contribution in [0, 0.1) is 0 Å². The van der Waals surface area contributed by atoms with Crippen molar-refractivity contribution in [2.75, 3.05) is 12.4 Å². The van der Waals surface area contributed by atoms with Crippen LogP contribution in [0.4, 0.5) is 0 Å². The molecule has 3 rings (SSSR count). The second-order valence-electron chi connectivity index (χ2n) is 5.78. The van der Waals surface area contributed by atoms with Crippen LogP contribution >= 0.6 is 22.9 Å². The minimum absolute atomic E-state index is 0.0463. The lowest BCUT2D eigenvalue weighted by Crippen LogP contribution is -2.51. The van der Waals surface area contributed by atoms with Crippen molar-refractivity contribution in [1.82, 2.24) is 8.61 Å². The zero-order valence-electron chi connectivity index (χ0n) is 11.9. The topological polar surface area (TPSA) is 40.6 Å². The molecule has 1 aliphatic carbocycles. The molecule has 0 aromatic carbocycles. The van der Waals surface area contributed by atoms with Gasteiger partial charge >= 0.3 is 0 Å². The predicted molar refractivity (Wildman–Crippen MR) is 86.9 cm³/mol. The van der Waals surface area contributed by atoms with Gasteiger partial charge in [0.25, 0.3) is 10.2 Å². The van der Waals surface area contributed by atoms with Crippen LogP contribution in [-0.4, -0.2) is 41.5 Å². The van der Waals surface area contributed by atoms with E-state index in [2.05, 4.69) is 0 Å². The first kappa shape index (κ1) is 15.7. The van der Waals surface area contributed by atoms with E-state index in [9.17, 15) is 8.42 Å². The number of piperidine rings is 1. The molecule has 0 amide bonds. The highest BCUT2D eigenvalue weighted by Gasteiger charge is 2.43. The molecular formula is C14H21ClN2O2S2. The zero-order chi connectivity index (χ0) is 14.9. The first-order chi connectivity index (χ1) is 10.1. The smallest absolute Gasteiger partial charge is 0.195 e. The van der Waals surface area contributed by atoms with Crippen LogP contribution in [0.2, 0.25) is 0 Å². The van der Waals surface area contributed by atoms with Crippen LogP contribution in [0.25, 0.3) is 0 Å². The van der Waals surface area contributed by atoms with Crippen molar-refractivity contribution in [3.05, 3.63) is 22.4 Å². The van der Waals surface area contributed by atoms with Gasteiger partial charge in [-0.15, -0.1) is 22.9 Å². The monoisotopic (exact) mass is 348 g/mol. The molecule has 4 nitrogen and oxygen atoms in total. The Morgan fingerprint density at radius 3 is 2.76 bits per heavy atom. The minimum atomic E-state index is -3.41. The number of hydrogen-bond acceptors (Lipinski definition) is 3. The lowest BCUT2D eigenvalue weighted by molar-refractivity contribution is 0.243. The van der Waals surface area contributed by atoms with E-state index in [4.69, 9.17) is 11.6 Å². The molecule has 1 unspecified atom stereocenters. The van der Waals surface area contributed by atoms with Crippen LogP contribution in [-0.2, 0) is 16.8 Å². The fourth-order valence-corrected chi connectivity index (χ4v) is 6.15. The predicted octanol–water partition coefficient (Wildman–Crippen LogP) is 3.05. The van der Waals surface area contributed by atoms with Gasteiger partial charge in [0.15, 0.2) is 0 Å². The standard InChI is InChI=1S/C14H21ClN2O2S2/c15-10-13-4-1-2-8-16(13)21(18,19)17(12-6-7-12)11-14-5-3-9-20-14/h3,5,9,12-13H,1-2,4,6-8,10-11H2. The van der Waals surface area contributed by atoms with Crippen LogP contribution < -0.4 is 0 Å². The van der Waals surface area contributed by atoms with Crippen LogP contribution in [0.15, 0.2) is 17.5 Å². The highest BCUT2D eigenvalue weighted by molar-refractivity contribution is 7.86. The van der Waals surface area contributed by atoms with Crippen molar-refractivity contribution in [2.45, 2.75) is 50.7 Å². The molecule has 2 aliphatic rings. The largest absolute Gasteiger partial charge is 0.282 e. The van der Waals surface area contributed by atoms with Gasteiger partial charge in [-0.3, -0.25) is 0 Å². The van der Waals surface area contributed by atoms with E-state index in [0.29, 0.717) is 19.0 Å². The van der Waals surface area contributed by atoms with Gasteiger partial charge in [0.1, 0.15) is 0 Å². The van der Waals surface area contributed by atoms with Gasteiger partial charge in [0.2, 0.25) is 0 Å². The Bertz CT molecular complexity index is 558. The van der Waals surface area contributed by atoms with E-state index >= 15 is 0 Å². The quantitative estimate of drug-likeness (QED) is 0.741. The third-order valence-corrected chi connectivity index (χ3v) is 7.50. The molecule has 1 atom stereocenters. The molecular weight excluding hydrogens is 328 g/mol. The SMILES string of the molecule is O=S(=O)(N1CCCCC1CCl)N(Cc1cccs1)C1CC1. The summed E-state index contributed by atoms with van der Waals surface area (Å²) in [6.45, 7) is 1.10. The molecule has 2 fully saturated rings. The van der Waals surface area contributed by atoms with Gasteiger partial charge in [0.05, 0.1) is 0 Å². The Labute approximate surface area is 135 Å². The second kappa shape index (κ2) is 6.54. The average molecular weight is 349 g/mol. The number of alkyl halides is 1. The first-order valence-corrected chi connectivity index (χ1v) is 10.3. The minimum Gasteiger partial charge on any atom is -0.195 e. The van der Waals surface area contributed by atoms with Crippen molar-refractivity contribution in [2.24, 2.45) is 0 Å². The van der Waals surface area contributed by atoms with E-state index in [1.54, 1.807) is 19.9 Å². The number of nitrogens with zero attached hydrogens (tertiary/aromatic N) is 2. The van der Waals surface area contributed by atoms with Crippen molar-refractivity contribution in [3.63, 3.8) is 0 Å². The summed E-state index contributed by atoms with van der Waals surface area (Å²) in [6.07, 6.45) is 4.83. The lowest BCUT2D eigenvalue weighted by atomic mass is 10.1. The Morgan fingerprint density at radius 1 is 1.33 bits per heavy atom. The summed E-state index contributed by atoms with van der Waals surface area (Å²) in [5, 5.41) is 2.00. The molecule has 0 bridgehead atoms. The summed E-state index contributed by atoms with van der Waals surface area (Å²) in [5.74, 6) is 0.386. The van der Waals surface area contributed by atoms with Crippen LogP contribution in [0.5, 0.6) is 0 Å². The van der Waals surface area contributed by atoms with E-state index in [1.165, 1.54) is 0 Å². The summed E-state index contributed by atoms with van der Waals surface area (Å²) >= 11 is 7.62. The number of rotatable bonds is 6. The zero-order valence-corrected chi connectivity index (χ0v) is 14.3. The van der Waals surface area contributed by atoms with Crippen molar-refractivity contribution in [3.8, 4) is 0 Å². The molecule has 0 radical (unpaired) electrons. The van der Waals surface area contributed by atoms with Crippen molar-refractivity contribution in [1.29, 1.82) is 0 Å². The summed E-state index contributed by atoms with van der Waals surface area (Å²) in [7, 11) is -3.41. The van der Waals surface area contributed by atoms with Crippen LogP contribution in [0.1, 0.15) is 37.0 Å². The molecule has 1 aliphatic heterocycles. The highest BCUT2D eigenvalue weighted by Crippen LogP contribution is 2.34. The van der Waals surface area contributed by atoms with E-state index in [0.717, 1.165) is 37.0 Å². The number of hydrogen-bond donors (Lipinski definition) is 0. The summed E-state index contributed by atoms with van der Waals surface area (Å²) < 4.78 is 29.5. The first-order valence-electron chi connectivity index (χ1n) is 7.50. The number of halogens is 1. The normalized spacial score (nSPS) is 24.6. The van der Waals surface area contributed by atoms with Gasteiger partial charge < -0.3 is 0 Å². The van der Waals surface area contributed by atoms with Gasteiger partial charge in [-0.25, -0.2) is 0 Å². The molecule has 1 aromatic heterocycles. The third-order valence-electron chi connectivity index (χ3n) is 4.19. The van der Waals surface area contributed by atoms with E-state index in [-0.39, 0.29) is 12.1 Å². The fourth-order valence-electron chi connectivity index (χ4n) is 2.88. The van der Waals surface area contributed by atoms with Crippen molar-refractivity contribution >= 4 is 33.1 Å². The Balaban J connectivity index is 1.82. The molecule has 21 heavy (non-hydrogen) atoms. The lowest BCUT2D eigenvalue weighted by Gasteiger charge is -2.37. The maximum Gasteiger partial charge on any atom is 0.282 e. The highest BCUT2D eigenvalue weighted by atomic mass is 35.5. The molecule has 7 heteroatoms. The third kappa shape index (κ3) is 3.45. The second-order valence-corrected chi connectivity index (χ2v) is 8.95. The summed E-state index contributed by atoms with van der Waals surface area (Å²) in [5.41, 5.74) is 0. The maximum atomic E-state index is 13.1. The molecule has 118 valence electrons. The average Bonchev–Trinajstić information content (AvgIpc) is 3.20. The summed E-state index contributed by atoms with van der Waals surface area (Å²) in [4.78, 5) is 1.10. The van der Waals surface area contributed by atoms with Crippen LogP contribution in [0.3, 0.4) is 0 Å². The maximum absolute atomic E-state index is 13.1. The van der Waals surface area contributed by atoms with E-state index in [1.807, 2.05) is 17.5 Å². The Hall–Kier alpha value is -0.140. The molecule has 1 aromatic rings. The number of thiophene rings is 1. The summed E-state index contributed by atoms with van der Waals surface area (Å²) in [6, 6.07) is 4.11. The van der Waals surface area contributed by atoms with Gasteiger partial charge in [-0.05, 0) is 37.1 Å². The van der Waals surface area contributed by atoms with Gasteiger partial charge in [0, 0.05) is 35.9 Å². The molecule has 2 heterocycles. The van der Waals surface area contributed by atoms with E-state index < -0.39 is 10.2 Å². The molecule has 1 saturated heterocycles. The molecule has 1 saturated carbocycles. The molecule has 0 spiro atoms. The molecule has 0 N–H and O–H groups in total. The van der Waals surface area contributed by atoms with Gasteiger partial charge in [-0.2, -0.15) is 17.0 Å². The Kier molecular flexibility index (Phi) is 4.90. The Morgan fingerprint density at radius 2 is 2.14 bits per heavy atom. The fraction of sp³-hybridized carbons (Fsp3) is 0.714. The van der Waals surface area contributed by atoms with Crippen molar-refractivity contribution < 1.29 is 8.42 Å². The van der Waals surface area contributed by atoms with Gasteiger partial charge in [-0.1, -0.05) is 12.5 Å².